The van der Waals surface area contributed by atoms with Crippen LogP contribution in [0.4, 0.5) is 10.1 Å². The van der Waals surface area contributed by atoms with E-state index in [4.69, 9.17) is 11.6 Å². The SMILES string of the molecule is CNS(=O)(=O)c1ccc(C(=O)Nc2ccc(Cl)nc2)cc1F. The van der Waals surface area contributed by atoms with E-state index < -0.39 is 26.6 Å². The second-order valence-electron chi connectivity index (χ2n) is 4.18. The number of aromatic nitrogens is 1. The van der Waals surface area contributed by atoms with Crippen LogP contribution in [0.3, 0.4) is 0 Å². The lowest BCUT2D eigenvalue weighted by Gasteiger charge is -2.07. The molecule has 0 bridgehead atoms. The minimum absolute atomic E-state index is 0.0255. The molecular weight excluding hydrogens is 333 g/mol. The van der Waals surface area contributed by atoms with Gasteiger partial charge in [0.2, 0.25) is 10.0 Å². The molecule has 0 radical (unpaired) electrons. The number of sulfonamides is 1. The third-order valence-electron chi connectivity index (χ3n) is 2.74. The van der Waals surface area contributed by atoms with Crippen molar-refractivity contribution >= 4 is 33.2 Å². The van der Waals surface area contributed by atoms with Gasteiger partial charge in [-0.05, 0) is 37.4 Å². The molecule has 1 amide bonds. The van der Waals surface area contributed by atoms with Crippen molar-refractivity contribution in [3.8, 4) is 0 Å². The Balaban J connectivity index is 2.24. The van der Waals surface area contributed by atoms with Crippen LogP contribution in [0.25, 0.3) is 0 Å². The molecule has 1 heterocycles. The number of amides is 1. The van der Waals surface area contributed by atoms with Gasteiger partial charge < -0.3 is 5.32 Å². The molecule has 116 valence electrons. The number of pyridine rings is 1. The molecule has 2 rings (SSSR count). The Morgan fingerprint density at radius 3 is 2.55 bits per heavy atom. The molecule has 9 heteroatoms. The first kappa shape index (κ1) is 16.3. The van der Waals surface area contributed by atoms with Gasteiger partial charge in [-0.15, -0.1) is 0 Å². The summed E-state index contributed by atoms with van der Waals surface area (Å²) in [7, 11) is -2.75. The van der Waals surface area contributed by atoms with Gasteiger partial charge >= 0.3 is 0 Å². The summed E-state index contributed by atoms with van der Waals surface area (Å²) in [5.74, 6) is -1.62. The lowest BCUT2D eigenvalue weighted by atomic mass is 10.2. The molecule has 1 aromatic carbocycles. The smallest absolute Gasteiger partial charge is 0.255 e. The van der Waals surface area contributed by atoms with Gasteiger partial charge in [0, 0.05) is 5.56 Å². The monoisotopic (exact) mass is 343 g/mol. The fourth-order valence-electron chi connectivity index (χ4n) is 1.62. The zero-order chi connectivity index (χ0) is 16.3. The van der Waals surface area contributed by atoms with E-state index in [0.29, 0.717) is 5.69 Å². The summed E-state index contributed by atoms with van der Waals surface area (Å²) in [4.78, 5) is 15.2. The van der Waals surface area contributed by atoms with Crippen LogP contribution < -0.4 is 10.0 Å². The van der Waals surface area contributed by atoms with Crippen molar-refractivity contribution in [3.63, 3.8) is 0 Å². The van der Waals surface area contributed by atoms with Crippen molar-refractivity contribution in [2.45, 2.75) is 4.90 Å². The Morgan fingerprint density at radius 1 is 1.27 bits per heavy atom. The maximum Gasteiger partial charge on any atom is 0.255 e. The predicted molar refractivity (Wildman–Crippen MR) is 79.8 cm³/mol. The topological polar surface area (TPSA) is 88.2 Å². The highest BCUT2D eigenvalue weighted by atomic mass is 35.5. The number of anilines is 1. The molecule has 0 spiro atoms. The summed E-state index contributed by atoms with van der Waals surface area (Å²) < 4.78 is 39.0. The van der Waals surface area contributed by atoms with E-state index in [1.54, 1.807) is 0 Å². The number of carbonyl (C=O) groups excluding carboxylic acids is 1. The average molecular weight is 344 g/mol. The fourth-order valence-corrected chi connectivity index (χ4v) is 2.52. The fraction of sp³-hybridized carbons (Fsp3) is 0.0769. The van der Waals surface area contributed by atoms with Crippen LogP contribution in [0.1, 0.15) is 10.4 Å². The van der Waals surface area contributed by atoms with Crippen LogP contribution >= 0.6 is 11.6 Å². The maximum atomic E-state index is 13.9. The molecule has 0 unspecified atom stereocenters. The van der Waals surface area contributed by atoms with Crippen molar-refractivity contribution in [2.75, 3.05) is 12.4 Å². The first-order valence-electron chi connectivity index (χ1n) is 5.99. The lowest BCUT2D eigenvalue weighted by molar-refractivity contribution is 0.102. The molecule has 0 fully saturated rings. The van der Waals surface area contributed by atoms with Crippen molar-refractivity contribution in [1.82, 2.24) is 9.71 Å². The summed E-state index contributed by atoms with van der Waals surface area (Å²) in [5, 5.41) is 2.76. The van der Waals surface area contributed by atoms with Gasteiger partial charge in [-0.1, -0.05) is 11.6 Å². The normalized spacial score (nSPS) is 11.2. The van der Waals surface area contributed by atoms with Gasteiger partial charge in [0.25, 0.3) is 5.91 Å². The van der Waals surface area contributed by atoms with E-state index in [1.807, 2.05) is 4.72 Å². The second-order valence-corrected chi connectivity index (χ2v) is 6.42. The number of nitrogens with one attached hydrogen (secondary N) is 2. The predicted octanol–water partition coefficient (Wildman–Crippen LogP) is 2.03. The summed E-state index contributed by atoms with van der Waals surface area (Å²) in [6, 6.07) is 6.11. The van der Waals surface area contributed by atoms with Gasteiger partial charge in [0.15, 0.2) is 0 Å². The zero-order valence-electron chi connectivity index (χ0n) is 11.3. The molecule has 2 aromatic rings. The third kappa shape index (κ3) is 3.59. The minimum Gasteiger partial charge on any atom is -0.321 e. The zero-order valence-corrected chi connectivity index (χ0v) is 12.9. The van der Waals surface area contributed by atoms with E-state index in [0.717, 1.165) is 12.1 Å². The highest BCUT2D eigenvalue weighted by molar-refractivity contribution is 7.89. The molecular formula is C13H11ClFN3O3S. The summed E-state index contributed by atoms with van der Waals surface area (Å²) in [6.45, 7) is 0. The van der Waals surface area contributed by atoms with Crippen LogP contribution in [0.15, 0.2) is 41.4 Å². The standard InChI is InChI=1S/C13H11ClFN3O3S/c1-16-22(20,21)11-4-2-8(6-10(11)15)13(19)18-9-3-5-12(14)17-7-9/h2-7,16H,1H3,(H,18,19). The van der Waals surface area contributed by atoms with Gasteiger partial charge in [-0.2, -0.15) is 0 Å². The Hall–Kier alpha value is -2.03. The van der Waals surface area contributed by atoms with E-state index in [1.165, 1.54) is 31.4 Å². The van der Waals surface area contributed by atoms with Crippen molar-refractivity contribution in [3.05, 3.63) is 53.1 Å². The van der Waals surface area contributed by atoms with E-state index in [-0.39, 0.29) is 10.7 Å². The molecule has 6 nitrogen and oxygen atoms in total. The van der Waals surface area contributed by atoms with Crippen LogP contribution in [-0.2, 0) is 10.0 Å². The number of hydrogen-bond donors (Lipinski definition) is 2. The number of rotatable bonds is 4. The Morgan fingerprint density at radius 2 is 2.00 bits per heavy atom. The second kappa shape index (κ2) is 6.39. The summed E-state index contributed by atoms with van der Waals surface area (Å²) in [6.07, 6.45) is 1.34. The number of benzene rings is 1. The van der Waals surface area contributed by atoms with Crippen LogP contribution in [0.2, 0.25) is 5.15 Å². The molecule has 1 aromatic heterocycles. The number of nitrogens with zero attached hydrogens (tertiary/aromatic N) is 1. The lowest BCUT2D eigenvalue weighted by Crippen LogP contribution is -2.20. The van der Waals surface area contributed by atoms with Crippen LogP contribution in [-0.4, -0.2) is 26.4 Å². The van der Waals surface area contributed by atoms with Gasteiger partial charge in [-0.25, -0.2) is 22.5 Å². The Kier molecular flexibility index (Phi) is 4.74. The Labute approximate surface area is 131 Å². The van der Waals surface area contributed by atoms with Crippen LogP contribution in [0.5, 0.6) is 0 Å². The van der Waals surface area contributed by atoms with Gasteiger partial charge in [0.05, 0.1) is 11.9 Å². The molecule has 22 heavy (non-hydrogen) atoms. The molecule has 0 saturated carbocycles. The first-order valence-corrected chi connectivity index (χ1v) is 7.85. The van der Waals surface area contributed by atoms with Crippen molar-refractivity contribution < 1.29 is 17.6 Å². The van der Waals surface area contributed by atoms with E-state index in [9.17, 15) is 17.6 Å². The third-order valence-corrected chi connectivity index (χ3v) is 4.41. The molecule has 0 aliphatic rings. The number of halogens is 2. The molecule has 0 saturated heterocycles. The first-order chi connectivity index (χ1) is 10.3. The van der Waals surface area contributed by atoms with E-state index >= 15 is 0 Å². The van der Waals surface area contributed by atoms with Crippen molar-refractivity contribution in [2.24, 2.45) is 0 Å². The molecule has 0 atom stereocenters. The highest BCUT2D eigenvalue weighted by Gasteiger charge is 2.19. The van der Waals surface area contributed by atoms with Crippen molar-refractivity contribution in [1.29, 1.82) is 0 Å². The molecule has 2 N–H and O–H groups in total. The van der Waals surface area contributed by atoms with Gasteiger partial charge in [0.1, 0.15) is 15.9 Å². The largest absolute Gasteiger partial charge is 0.321 e. The summed E-state index contributed by atoms with van der Waals surface area (Å²) >= 11 is 5.62. The quantitative estimate of drug-likeness (QED) is 0.831. The van der Waals surface area contributed by atoms with Gasteiger partial charge in [-0.3, -0.25) is 4.79 Å². The molecule has 0 aliphatic heterocycles. The number of hydrogen-bond acceptors (Lipinski definition) is 4. The highest BCUT2D eigenvalue weighted by Crippen LogP contribution is 2.17. The maximum absolute atomic E-state index is 13.9. The van der Waals surface area contributed by atoms with Crippen LogP contribution in [0, 0.1) is 5.82 Å². The number of carbonyl (C=O) groups is 1. The molecule has 0 aliphatic carbocycles. The average Bonchev–Trinajstić information content (AvgIpc) is 2.49. The van der Waals surface area contributed by atoms with E-state index in [2.05, 4.69) is 10.3 Å². The minimum atomic E-state index is -3.92. The Bertz CT molecular complexity index is 810. The summed E-state index contributed by atoms with van der Waals surface area (Å²) in [5.41, 5.74) is 0.351.